The second kappa shape index (κ2) is 5.87. The van der Waals surface area contributed by atoms with Gasteiger partial charge in [0.25, 0.3) is 0 Å². The van der Waals surface area contributed by atoms with E-state index in [0.29, 0.717) is 6.54 Å². The molecular weight excluding hydrogens is 250 g/mol. The summed E-state index contributed by atoms with van der Waals surface area (Å²) in [5, 5.41) is 2.74. The van der Waals surface area contributed by atoms with E-state index in [1.165, 1.54) is 0 Å². The third-order valence-corrected chi connectivity index (χ3v) is 4.13. The summed E-state index contributed by atoms with van der Waals surface area (Å²) in [5.74, 6) is -0.594. The van der Waals surface area contributed by atoms with Crippen LogP contribution in [0.1, 0.15) is 25.7 Å². The van der Waals surface area contributed by atoms with Crippen molar-refractivity contribution in [2.45, 2.75) is 31.1 Å². The van der Waals surface area contributed by atoms with Gasteiger partial charge in [-0.2, -0.15) is 0 Å². The summed E-state index contributed by atoms with van der Waals surface area (Å²) in [6, 6.07) is 0. The van der Waals surface area contributed by atoms with Crippen LogP contribution in [-0.4, -0.2) is 38.3 Å². The van der Waals surface area contributed by atoms with Gasteiger partial charge in [-0.05, 0) is 18.8 Å². The van der Waals surface area contributed by atoms with E-state index in [2.05, 4.69) is 5.32 Å². The number of amides is 1. The Balaban J connectivity index is 2.31. The van der Waals surface area contributed by atoms with Gasteiger partial charge in [0.05, 0.1) is 0 Å². The molecule has 0 aromatic carbocycles. The Labute approximate surface area is 102 Å². The number of sulfone groups is 1. The van der Waals surface area contributed by atoms with Crippen LogP contribution in [-0.2, 0) is 14.6 Å². The summed E-state index contributed by atoms with van der Waals surface area (Å²) in [5.41, 5.74) is 0. The van der Waals surface area contributed by atoms with Gasteiger partial charge in [0.15, 0.2) is 9.84 Å². The second-order valence-corrected chi connectivity index (χ2v) is 7.14. The lowest BCUT2D eigenvalue weighted by molar-refractivity contribution is -0.118. The van der Waals surface area contributed by atoms with E-state index in [1.54, 1.807) is 0 Å². The van der Waals surface area contributed by atoms with Crippen molar-refractivity contribution in [2.24, 2.45) is 5.92 Å². The van der Waals surface area contributed by atoms with Crippen LogP contribution in [0.2, 0.25) is 0 Å². The van der Waals surface area contributed by atoms with Gasteiger partial charge in [-0.1, -0.05) is 12.8 Å². The fourth-order valence-corrected chi connectivity index (χ4v) is 2.87. The minimum atomic E-state index is -3.23. The quantitative estimate of drug-likeness (QED) is 0.772. The normalized spacial score (nSPS) is 26.4. The standard InChI is InChI=1S/C10H18ClNO3S/c1-16(14,15)7-10(13)12-6-8-4-2-3-5-9(8)11/h8-9H,2-7H2,1H3,(H,12,13). The first-order valence-corrected chi connectivity index (χ1v) is 7.96. The zero-order chi connectivity index (χ0) is 12.2. The molecule has 1 aliphatic rings. The molecule has 0 aliphatic heterocycles. The van der Waals surface area contributed by atoms with Crippen molar-refractivity contribution in [1.82, 2.24) is 5.32 Å². The highest BCUT2D eigenvalue weighted by atomic mass is 35.5. The van der Waals surface area contributed by atoms with Crippen LogP contribution in [0.15, 0.2) is 0 Å². The Morgan fingerprint density at radius 2 is 2.00 bits per heavy atom. The summed E-state index contributed by atoms with van der Waals surface area (Å²) in [6.45, 7) is 0.489. The van der Waals surface area contributed by atoms with Gasteiger partial charge in [0.2, 0.25) is 5.91 Å². The van der Waals surface area contributed by atoms with Crippen molar-refractivity contribution in [3.05, 3.63) is 0 Å². The summed E-state index contributed by atoms with van der Waals surface area (Å²) >= 11 is 6.13. The number of hydrogen-bond donors (Lipinski definition) is 1. The zero-order valence-electron chi connectivity index (χ0n) is 9.41. The molecule has 1 saturated carbocycles. The molecule has 2 atom stereocenters. The van der Waals surface area contributed by atoms with Crippen molar-refractivity contribution in [3.8, 4) is 0 Å². The first-order valence-electron chi connectivity index (χ1n) is 5.47. The molecule has 0 heterocycles. The van der Waals surface area contributed by atoms with Crippen LogP contribution >= 0.6 is 11.6 Å². The highest BCUT2D eigenvalue weighted by Crippen LogP contribution is 2.27. The molecule has 94 valence electrons. The fraction of sp³-hybridized carbons (Fsp3) is 0.900. The third kappa shape index (κ3) is 5.16. The van der Waals surface area contributed by atoms with Gasteiger partial charge in [-0.3, -0.25) is 4.79 Å². The number of carbonyl (C=O) groups excluding carboxylic acids is 1. The molecule has 0 aromatic heterocycles. The van der Waals surface area contributed by atoms with Gasteiger partial charge < -0.3 is 5.32 Å². The second-order valence-electron chi connectivity index (χ2n) is 4.43. The Bertz CT molecular complexity index is 342. The maximum absolute atomic E-state index is 11.3. The minimum absolute atomic E-state index is 0.104. The van der Waals surface area contributed by atoms with Crippen LogP contribution < -0.4 is 5.32 Å². The SMILES string of the molecule is CS(=O)(=O)CC(=O)NCC1CCCCC1Cl. The number of alkyl halides is 1. The number of nitrogens with one attached hydrogen (secondary N) is 1. The fourth-order valence-electron chi connectivity index (χ4n) is 1.93. The first-order chi connectivity index (χ1) is 7.38. The topological polar surface area (TPSA) is 63.2 Å². The first kappa shape index (κ1) is 13.8. The Morgan fingerprint density at radius 3 is 2.56 bits per heavy atom. The molecule has 0 bridgehead atoms. The lowest BCUT2D eigenvalue weighted by Gasteiger charge is -2.26. The van der Waals surface area contributed by atoms with Crippen molar-refractivity contribution < 1.29 is 13.2 Å². The molecule has 0 spiro atoms. The third-order valence-electron chi connectivity index (χ3n) is 2.77. The molecule has 1 rings (SSSR count). The van der Waals surface area contributed by atoms with Crippen molar-refractivity contribution in [2.75, 3.05) is 18.6 Å². The molecule has 0 radical (unpaired) electrons. The van der Waals surface area contributed by atoms with E-state index in [1.807, 2.05) is 0 Å². The summed E-state index contributed by atoms with van der Waals surface area (Å²) in [7, 11) is -3.23. The van der Waals surface area contributed by atoms with Crippen molar-refractivity contribution in [1.29, 1.82) is 0 Å². The average Bonchev–Trinajstić information content (AvgIpc) is 2.14. The maximum atomic E-state index is 11.3. The number of hydrogen-bond acceptors (Lipinski definition) is 3. The Morgan fingerprint density at radius 1 is 1.38 bits per heavy atom. The molecule has 1 aliphatic carbocycles. The lowest BCUT2D eigenvalue weighted by Crippen LogP contribution is -2.37. The van der Waals surface area contributed by atoms with E-state index >= 15 is 0 Å². The molecule has 1 fully saturated rings. The van der Waals surface area contributed by atoms with Crippen molar-refractivity contribution >= 4 is 27.3 Å². The van der Waals surface area contributed by atoms with E-state index < -0.39 is 21.5 Å². The summed E-state index contributed by atoms with van der Waals surface area (Å²) < 4.78 is 21.7. The van der Waals surface area contributed by atoms with E-state index in [9.17, 15) is 13.2 Å². The van der Waals surface area contributed by atoms with E-state index in [0.717, 1.165) is 31.9 Å². The smallest absolute Gasteiger partial charge is 0.235 e. The van der Waals surface area contributed by atoms with Gasteiger partial charge in [0.1, 0.15) is 5.75 Å². The van der Waals surface area contributed by atoms with Crippen LogP contribution in [0.25, 0.3) is 0 Å². The molecule has 16 heavy (non-hydrogen) atoms. The van der Waals surface area contributed by atoms with Crippen LogP contribution in [0.3, 0.4) is 0 Å². The van der Waals surface area contributed by atoms with Gasteiger partial charge in [-0.25, -0.2) is 8.42 Å². The molecule has 1 amide bonds. The van der Waals surface area contributed by atoms with E-state index in [4.69, 9.17) is 11.6 Å². The van der Waals surface area contributed by atoms with Crippen LogP contribution in [0.5, 0.6) is 0 Å². The zero-order valence-corrected chi connectivity index (χ0v) is 11.0. The largest absolute Gasteiger partial charge is 0.355 e. The van der Waals surface area contributed by atoms with Crippen LogP contribution in [0.4, 0.5) is 0 Å². The van der Waals surface area contributed by atoms with Crippen LogP contribution in [0, 0.1) is 5.92 Å². The Hall–Kier alpha value is -0.290. The molecular formula is C10H18ClNO3S. The average molecular weight is 268 g/mol. The number of halogens is 1. The molecule has 1 N–H and O–H groups in total. The summed E-state index contributed by atoms with van der Waals surface area (Å²) in [6.07, 6.45) is 5.32. The maximum Gasteiger partial charge on any atom is 0.235 e. The lowest BCUT2D eigenvalue weighted by atomic mass is 9.89. The van der Waals surface area contributed by atoms with Crippen molar-refractivity contribution in [3.63, 3.8) is 0 Å². The predicted octanol–water partition coefficient (Wildman–Crippen LogP) is 0.945. The molecule has 2 unspecified atom stereocenters. The summed E-state index contributed by atoms with van der Waals surface area (Å²) in [4.78, 5) is 11.3. The highest BCUT2D eigenvalue weighted by molar-refractivity contribution is 7.91. The van der Waals surface area contributed by atoms with Gasteiger partial charge in [-0.15, -0.1) is 11.6 Å². The predicted molar refractivity (Wildman–Crippen MR) is 64.3 cm³/mol. The minimum Gasteiger partial charge on any atom is -0.355 e. The number of rotatable bonds is 4. The molecule has 0 saturated heterocycles. The molecule has 6 heteroatoms. The van der Waals surface area contributed by atoms with Gasteiger partial charge in [0, 0.05) is 18.2 Å². The Kier molecular flexibility index (Phi) is 5.05. The monoisotopic (exact) mass is 267 g/mol. The van der Waals surface area contributed by atoms with Gasteiger partial charge >= 0.3 is 0 Å². The van der Waals surface area contributed by atoms with E-state index in [-0.39, 0.29) is 11.3 Å². The highest BCUT2D eigenvalue weighted by Gasteiger charge is 2.23. The molecule has 0 aromatic rings. The number of carbonyl (C=O) groups is 1. The molecule has 4 nitrogen and oxygen atoms in total.